The van der Waals surface area contributed by atoms with E-state index in [9.17, 15) is 14.4 Å². The van der Waals surface area contributed by atoms with Crippen molar-refractivity contribution in [3.05, 3.63) is 47.5 Å². The molecule has 6 nitrogen and oxygen atoms in total. The zero-order valence-corrected chi connectivity index (χ0v) is 11.3. The van der Waals surface area contributed by atoms with Crippen molar-refractivity contribution in [2.24, 2.45) is 0 Å². The van der Waals surface area contributed by atoms with E-state index < -0.39 is 11.9 Å². The van der Waals surface area contributed by atoms with Crippen LogP contribution in [0.3, 0.4) is 0 Å². The highest BCUT2D eigenvalue weighted by Crippen LogP contribution is 2.07. The van der Waals surface area contributed by atoms with E-state index in [0.717, 1.165) is 0 Å². The molecular weight excluding hydrogens is 264 g/mol. The van der Waals surface area contributed by atoms with Crippen molar-refractivity contribution in [3.63, 3.8) is 0 Å². The van der Waals surface area contributed by atoms with E-state index in [2.05, 4.69) is 11.3 Å². The Balaban J connectivity index is 0.000000396. The summed E-state index contributed by atoms with van der Waals surface area (Å²) in [4.78, 5) is 31.3. The summed E-state index contributed by atoms with van der Waals surface area (Å²) in [6.45, 7) is 7.21. The first-order valence-corrected chi connectivity index (χ1v) is 5.69. The van der Waals surface area contributed by atoms with Gasteiger partial charge in [0.15, 0.2) is 0 Å². The zero-order chi connectivity index (χ0) is 15.7. The van der Waals surface area contributed by atoms with Crippen LogP contribution in [0.4, 0.5) is 0 Å². The summed E-state index contributed by atoms with van der Waals surface area (Å²) in [5.41, 5.74) is 0.0712. The van der Waals surface area contributed by atoms with E-state index in [0.29, 0.717) is 12.2 Å². The third kappa shape index (κ3) is 5.81. The number of benzene rings is 1. The second-order valence-electron chi connectivity index (χ2n) is 3.66. The summed E-state index contributed by atoms with van der Waals surface area (Å²) in [5, 5.41) is 17.1. The standard InChI is InChI=1S/C8H6O4.C6H10O2/c9-7(10)5-3-1-2-4-6(5)8(11)12;1-4-8-6(7)5(2)3/h1-4H,(H,9,10)(H,11,12);2,4H2,1,3H3. The van der Waals surface area contributed by atoms with Gasteiger partial charge in [-0.2, -0.15) is 0 Å². The predicted molar refractivity (Wildman–Crippen MR) is 71.8 cm³/mol. The summed E-state index contributed by atoms with van der Waals surface area (Å²) < 4.78 is 4.56. The zero-order valence-electron chi connectivity index (χ0n) is 11.3. The molecule has 0 unspecified atom stereocenters. The fourth-order valence-electron chi connectivity index (χ4n) is 1.11. The minimum absolute atomic E-state index is 0.190. The lowest BCUT2D eigenvalue weighted by atomic mass is 10.1. The van der Waals surface area contributed by atoms with Crippen LogP contribution in [0.5, 0.6) is 0 Å². The molecule has 0 saturated heterocycles. The lowest BCUT2D eigenvalue weighted by Crippen LogP contribution is -2.06. The molecule has 0 spiro atoms. The SMILES string of the molecule is C=C(C)C(=O)OCC.O=C(O)c1ccccc1C(=O)O. The molecule has 2 N–H and O–H groups in total. The number of esters is 1. The van der Waals surface area contributed by atoms with E-state index in [1.54, 1.807) is 13.8 Å². The summed E-state index contributed by atoms with van der Waals surface area (Å²) >= 11 is 0. The largest absolute Gasteiger partial charge is 0.478 e. The van der Waals surface area contributed by atoms with Gasteiger partial charge in [-0.25, -0.2) is 14.4 Å². The van der Waals surface area contributed by atoms with Crippen molar-refractivity contribution in [2.45, 2.75) is 13.8 Å². The molecule has 108 valence electrons. The third-order valence-electron chi connectivity index (χ3n) is 2.01. The van der Waals surface area contributed by atoms with Gasteiger partial charge in [-0.1, -0.05) is 18.7 Å². The lowest BCUT2D eigenvalue weighted by molar-refractivity contribution is -0.138. The van der Waals surface area contributed by atoms with Crippen LogP contribution < -0.4 is 0 Å². The number of ether oxygens (including phenoxy) is 1. The Kier molecular flexibility index (Phi) is 7.35. The van der Waals surface area contributed by atoms with Gasteiger partial charge in [0, 0.05) is 5.57 Å². The Morgan fingerprint density at radius 2 is 1.50 bits per heavy atom. The van der Waals surface area contributed by atoms with Gasteiger partial charge < -0.3 is 14.9 Å². The average Bonchev–Trinajstić information content (AvgIpc) is 2.39. The molecule has 0 fully saturated rings. The highest BCUT2D eigenvalue weighted by Gasteiger charge is 2.13. The molecular formula is C14H16O6. The second-order valence-corrected chi connectivity index (χ2v) is 3.66. The van der Waals surface area contributed by atoms with Gasteiger partial charge in [-0.3, -0.25) is 0 Å². The number of carbonyl (C=O) groups is 3. The molecule has 0 radical (unpaired) electrons. The van der Waals surface area contributed by atoms with Gasteiger partial charge in [0.1, 0.15) is 0 Å². The fourth-order valence-corrected chi connectivity index (χ4v) is 1.11. The first-order chi connectivity index (χ1) is 9.31. The van der Waals surface area contributed by atoms with Crippen LogP contribution in [-0.2, 0) is 9.53 Å². The summed E-state index contributed by atoms with van der Waals surface area (Å²) in [5.74, 6) is -2.77. The molecule has 1 rings (SSSR count). The van der Waals surface area contributed by atoms with Crippen LogP contribution in [0.2, 0.25) is 0 Å². The molecule has 1 aromatic rings. The van der Waals surface area contributed by atoms with Crippen molar-refractivity contribution < 1.29 is 29.3 Å². The van der Waals surface area contributed by atoms with E-state index >= 15 is 0 Å². The first kappa shape index (κ1) is 17.4. The van der Waals surface area contributed by atoms with Gasteiger partial charge in [0.2, 0.25) is 0 Å². The molecule has 20 heavy (non-hydrogen) atoms. The smallest absolute Gasteiger partial charge is 0.336 e. The van der Waals surface area contributed by atoms with Crippen molar-refractivity contribution in [1.82, 2.24) is 0 Å². The Morgan fingerprint density at radius 1 is 1.10 bits per heavy atom. The second kappa shape index (κ2) is 8.47. The molecule has 0 amide bonds. The Morgan fingerprint density at radius 3 is 1.70 bits per heavy atom. The number of aromatic carboxylic acids is 2. The molecule has 6 heteroatoms. The van der Waals surface area contributed by atoms with Crippen molar-refractivity contribution >= 4 is 17.9 Å². The molecule has 0 aromatic heterocycles. The maximum Gasteiger partial charge on any atom is 0.336 e. The minimum Gasteiger partial charge on any atom is -0.478 e. The van der Waals surface area contributed by atoms with Crippen LogP contribution in [0, 0.1) is 0 Å². The molecule has 0 atom stereocenters. The van der Waals surface area contributed by atoms with E-state index in [1.807, 2.05) is 0 Å². The van der Waals surface area contributed by atoms with Gasteiger partial charge in [0.25, 0.3) is 0 Å². The number of carbonyl (C=O) groups excluding carboxylic acids is 1. The fraction of sp³-hybridized carbons (Fsp3) is 0.214. The Labute approximate surface area is 116 Å². The summed E-state index contributed by atoms with van der Waals surface area (Å²) in [6, 6.07) is 5.48. The predicted octanol–water partition coefficient (Wildman–Crippen LogP) is 2.21. The molecule has 1 aromatic carbocycles. The highest BCUT2D eigenvalue weighted by atomic mass is 16.5. The lowest BCUT2D eigenvalue weighted by Gasteiger charge is -1.98. The summed E-state index contributed by atoms with van der Waals surface area (Å²) in [7, 11) is 0. The number of carboxylic acids is 2. The maximum atomic E-state index is 10.5. The van der Waals surface area contributed by atoms with Gasteiger partial charge in [-0.15, -0.1) is 0 Å². The first-order valence-electron chi connectivity index (χ1n) is 5.69. The van der Waals surface area contributed by atoms with Crippen molar-refractivity contribution in [1.29, 1.82) is 0 Å². The molecule has 0 bridgehead atoms. The van der Waals surface area contributed by atoms with Crippen LogP contribution in [-0.4, -0.2) is 34.7 Å². The van der Waals surface area contributed by atoms with E-state index in [4.69, 9.17) is 10.2 Å². The van der Waals surface area contributed by atoms with Gasteiger partial charge in [0.05, 0.1) is 17.7 Å². The van der Waals surface area contributed by atoms with Crippen LogP contribution in [0.15, 0.2) is 36.4 Å². The van der Waals surface area contributed by atoms with E-state index in [-0.39, 0.29) is 17.1 Å². The van der Waals surface area contributed by atoms with Crippen LogP contribution in [0.25, 0.3) is 0 Å². The van der Waals surface area contributed by atoms with Crippen molar-refractivity contribution in [3.8, 4) is 0 Å². The Bertz CT molecular complexity index is 485. The monoisotopic (exact) mass is 280 g/mol. The number of carboxylic acid groups (broad SMARTS) is 2. The van der Waals surface area contributed by atoms with Crippen molar-refractivity contribution in [2.75, 3.05) is 6.61 Å². The number of hydrogen-bond donors (Lipinski definition) is 2. The third-order valence-corrected chi connectivity index (χ3v) is 2.01. The summed E-state index contributed by atoms with van der Waals surface area (Å²) in [6.07, 6.45) is 0. The maximum absolute atomic E-state index is 10.5. The number of rotatable bonds is 4. The minimum atomic E-state index is -1.23. The van der Waals surface area contributed by atoms with Gasteiger partial charge >= 0.3 is 17.9 Å². The average molecular weight is 280 g/mol. The topological polar surface area (TPSA) is 101 Å². The van der Waals surface area contributed by atoms with Gasteiger partial charge in [-0.05, 0) is 26.0 Å². The molecule has 0 aliphatic rings. The Hall–Kier alpha value is -2.63. The molecule has 0 saturated carbocycles. The van der Waals surface area contributed by atoms with Crippen LogP contribution in [0.1, 0.15) is 34.6 Å². The molecule has 0 aliphatic heterocycles. The molecule has 0 aliphatic carbocycles. The highest BCUT2D eigenvalue weighted by molar-refractivity contribution is 6.01. The quantitative estimate of drug-likeness (QED) is 0.647. The normalized spacial score (nSPS) is 8.90. The molecule has 0 heterocycles. The van der Waals surface area contributed by atoms with E-state index in [1.165, 1.54) is 24.3 Å². The number of hydrogen-bond acceptors (Lipinski definition) is 4. The van der Waals surface area contributed by atoms with Crippen LogP contribution >= 0.6 is 0 Å².